The van der Waals surface area contributed by atoms with Crippen LogP contribution in [0.3, 0.4) is 0 Å². The van der Waals surface area contributed by atoms with Gasteiger partial charge in [0.1, 0.15) is 12.6 Å². The molecule has 2 aromatic rings. The molecule has 2 aliphatic carbocycles. The number of rotatable bonds is 7. The maximum atomic E-state index is 12.7. The van der Waals surface area contributed by atoms with Crippen LogP contribution >= 0.6 is 0 Å². The van der Waals surface area contributed by atoms with Crippen molar-refractivity contribution in [2.45, 2.75) is 57.0 Å². The van der Waals surface area contributed by atoms with Crippen LogP contribution in [0.1, 0.15) is 56.1 Å². The van der Waals surface area contributed by atoms with E-state index < -0.39 is 24.0 Å². The van der Waals surface area contributed by atoms with Gasteiger partial charge in [-0.15, -0.1) is 0 Å². The van der Waals surface area contributed by atoms with Gasteiger partial charge in [-0.3, -0.25) is 9.59 Å². The number of carbonyl (C=O) groups is 3. The summed E-state index contributed by atoms with van der Waals surface area (Å²) >= 11 is 0. The van der Waals surface area contributed by atoms with Crippen molar-refractivity contribution in [2.75, 3.05) is 6.61 Å². The van der Waals surface area contributed by atoms with Crippen LogP contribution in [0.25, 0.3) is 11.1 Å². The normalized spacial score (nSPS) is 20.3. The van der Waals surface area contributed by atoms with Crippen LogP contribution in [0.5, 0.6) is 0 Å². The third kappa shape index (κ3) is 5.02. The van der Waals surface area contributed by atoms with Crippen molar-refractivity contribution in [1.82, 2.24) is 10.6 Å². The zero-order valence-corrected chi connectivity index (χ0v) is 18.8. The van der Waals surface area contributed by atoms with Crippen molar-refractivity contribution in [3.8, 4) is 11.1 Å². The summed E-state index contributed by atoms with van der Waals surface area (Å²) in [5, 5.41) is 14.8. The highest BCUT2D eigenvalue weighted by molar-refractivity contribution is 5.86. The average molecular weight is 451 g/mol. The second-order valence-corrected chi connectivity index (χ2v) is 8.84. The Kier molecular flexibility index (Phi) is 6.96. The number of hydrogen-bond acceptors (Lipinski definition) is 4. The van der Waals surface area contributed by atoms with E-state index in [0.717, 1.165) is 35.1 Å². The Morgan fingerprint density at radius 1 is 1.03 bits per heavy atom. The number of carbonyl (C=O) groups excluding carboxylic acids is 2. The van der Waals surface area contributed by atoms with Gasteiger partial charge in [0.2, 0.25) is 5.91 Å². The molecule has 1 saturated carbocycles. The summed E-state index contributed by atoms with van der Waals surface area (Å²) in [5.41, 5.74) is 4.56. The fourth-order valence-electron chi connectivity index (χ4n) is 4.98. The lowest BCUT2D eigenvalue weighted by Gasteiger charge is -2.29. The molecule has 0 aliphatic heterocycles. The van der Waals surface area contributed by atoms with Gasteiger partial charge in [0, 0.05) is 12.0 Å². The van der Waals surface area contributed by atoms with E-state index in [1.54, 1.807) is 0 Å². The number of amides is 2. The molecule has 174 valence electrons. The molecule has 7 heteroatoms. The minimum absolute atomic E-state index is 0.0488. The maximum absolute atomic E-state index is 12.7. The molecule has 2 amide bonds. The first-order valence-corrected chi connectivity index (χ1v) is 11.6. The summed E-state index contributed by atoms with van der Waals surface area (Å²) in [6.45, 7) is 2.00. The third-order valence-electron chi connectivity index (χ3n) is 6.73. The Hall–Kier alpha value is -3.35. The number of benzene rings is 2. The van der Waals surface area contributed by atoms with Crippen LogP contribution in [0, 0.1) is 5.92 Å². The molecule has 3 N–H and O–H groups in total. The minimum Gasteiger partial charge on any atom is -0.481 e. The van der Waals surface area contributed by atoms with Crippen molar-refractivity contribution in [1.29, 1.82) is 0 Å². The Morgan fingerprint density at radius 2 is 1.67 bits per heavy atom. The molecule has 0 saturated heterocycles. The first-order chi connectivity index (χ1) is 16.0. The molecular weight excluding hydrogens is 420 g/mol. The third-order valence-corrected chi connectivity index (χ3v) is 6.73. The van der Waals surface area contributed by atoms with E-state index in [4.69, 9.17) is 4.74 Å². The highest BCUT2D eigenvalue weighted by Gasteiger charge is 2.31. The van der Waals surface area contributed by atoms with Crippen LogP contribution in [0.4, 0.5) is 4.79 Å². The summed E-state index contributed by atoms with van der Waals surface area (Å²) in [6.07, 6.45) is 2.34. The van der Waals surface area contributed by atoms with E-state index in [-0.39, 0.29) is 24.5 Å². The highest BCUT2D eigenvalue weighted by Crippen LogP contribution is 2.44. The summed E-state index contributed by atoms with van der Waals surface area (Å²) in [6, 6.07) is 15.3. The number of ether oxygens (including phenoxy) is 1. The number of carboxylic acids is 1. The molecule has 3 atom stereocenters. The topological polar surface area (TPSA) is 105 Å². The standard InChI is InChI=1S/C26H30N2O5/c1-2-23(24(29)27-17-9-7-8-16(14-17)25(30)31)28-26(32)33-15-22-20-12-5-3-10-18(20)19-11-4-6-13-21(19)22/h3-6,10-13,16-17,22-23H,2,7-9,14-15H2,1H3,(H,27,29)(H,28,32)(H,30,31)/t16-,17-,23?/m1/s1. The number of carboxylic acid groups (broad SMARTS) is 1. The molecule has 1 unspecified atom stereocenters. The first kappa shape index (κ1) is 22.8. The quantitative estimate of drug-likeness (QED) is 0.590. The van der Waals surface area contributed by atoms with Crippen LogP contribution in [-0.4, -0.2) is 41.8 Å². The fourth-order valence-corrected chi connectivity index (χ4v) is 4.98. The molecule has 7 nitrogen and oxygen atoms in total. The lowest BCUT2D eigenvalue weighted by molar-refractivity contribution is -0.143. The predicted molar refractivity (Wildman–Crippen MR) is 124 cm³/mol. The van der Waals surface area contributed by atoms with Crippen LogP contribution < -0.4 is 10.6 Å². The summed E-state index contributed by atoms with van der Waals surface area (Å²) in [7, 11) is 0. The first-order valence-electron chi connectivity index (χ1n) is 11.6. The predicted octanol–water partition coefficient (Wildman–Crippen LogP) is 4.06. The van der Waals surface area contributed by atoms with Gasteiger partial charge in [0.15, 0.2) is 0 Å². The molecule has 0 bridgehead atoms. The number of fused-ring (bicyclic) bond motifs is 3. The van der Waals surface area contributed by atoms with Crippen LogP contribution in [0.2, 0.25) is 0 Å². The largest absolute Gasteiger partial charge is 0.481 e. The molecule has 0 heterocycles. The van der Waals surface area contributed by atoms with E-state index in [9.17, 15) is 19.5 Å². The van der Waals surface area contributed by atoms with Gasteiger partial charge in [-0.2, -0.15) is 0 Å². The molecule has 0 radical (unpaired) electrons. The van der Waals surface area contributed by atoms with Gasteiger partial charge in [0.05, 0.1) is 5.92 Å². The zero-order chi connectivity index (χ0) is 23.4. The second-order valence-electron chi connectivity index (χ2n) is 8.84. The molecule has 0 spiro atoms. The molecule has 2 aromatic carbocycles. The highest BCUT2D eigenvalue weighted by atomic mass is 16.5. The van der Waals surface area contributed by atoms with Gasteiger partial charge in [-0.05, 0) is 47.9 Å². The fraction of sp³-hybridized carbons (Fsp3) is 0.423. The van der Waals surface area contributed by atoms with Crippen molar-refractivity contribution in [2.24, 2.45) is 5.92 Å². The van der Waals surface area contributed by atoms with Gasteiger partial charge in [0.25, 0.3) is 0 Å². The molecule has 1 fully saturated rings. The van der Waals surface area contributed by atoms with Crippen LogP contribution in [-0.2, 0) is 14.3 Å². The Balaban J connectivity index is 1.33. The second kappa shape index (κ2) is 10.1. The molecule has 0 aromatic heterocycles. The van der Waals surface area contributed by atoms with Gasteiger partial charge in [-0.1, -0.05) is 61.9 Å². The summed E-state index contributed by atoms with van der Waals surface area (Å²) in [4.78, 5) is 36.5. The Bertz CT molecular complexity index is 991. The van der Waals surface area contributed by atoms with Crippen molar-refractivity contribution in [3.63, 3.8) is 0 Å². The van der Waals surface area contributed by atoms with Crippen molar-refractivity contribution < 1.29 is 24.2 Å². The van der Waals surface area contributed by atoms with Gasteiger partial charge in [-0.25, -0.2) is 4.79 Å². The summed E-state index contributed by atoms with van der Waals surface area (Å²) < 4.78 is 5.55. The average Bonchev–Trinajstić information content (AvgIpc) is 3.15. The SMILES string of the molecule is CCC(NC(=O)OCC1c2ccccc2-c2ccccc21)C(=O)N[C@@H]1CCC[C@@H](C(=O)O)C1. The lowest BCUT2D eigenvalue weighted by atomic mass is 9.85. The smallest absolute Gasteiger partial charge is 0.407 e. The number of hydrogen-bond donors (Lipinski definition) is 3. The number of aliphatic carboxylic acids is 1. The molecule has 4 rings (SSSR count). The van der Waals surface area contributed by atoms with Crippen molar-refractivity contribution >= 4 is 18.0 Å². The molecular formula is C26H30N2O5. The molecule has 2 aliphatic rings. The van der Waals surface area contributed by atoms with E-state index in [2.05, 4.69) is 34.9 Å². The number of alkyl carbamates (subject to hydrolysis) is 1. The van der Waals surface area contributed by atoms with E-state index in [1.807, 2.05) is 31.2 Å². The summed E-state index contributed by atoms with van der Waals surface area (Å²) in [5.74, 6) is -1.61. The van der Waals surface area contributed by atoms with E-state index in [0.29, 0.717) is 19.3 Å². The van der Waals surface area contributed by atoms with Gasteiger partial charge < -0.3 is 20.5 Å². The minimum atomic E-state index is -0.822. The zero-order valence-electron chi connectivity index (χ0n) is 18.8. The Morgan fingerprint density at radius 3 is 2.27 bits per heavy atom. The maximum Gasteiger partial charge on any atom is 0.407 e. The number of nitrogens with one attached hydrogen (secondary N) is 2. The van der Waals surface area contributed by atoms with Crippen molar-refractivity contribution in [3.05, 3.63) is 59.7 Å². The van der Waals surface area contributed by atoms with E-state index >= 15 is 0 Å². The van der Waals surface area contributed by atoms with Gasteiger partial charge >= 0.3 is 12.1 Å². The van der Waals surface area contributed by atoms with Crippen LogP contribution in [0.15, 0.2) is 48.5 Å². The van der Waals surface area contributed by atoms with E-state index in [1.165, 1.54) is 0 Å². The lowest BCUT2D eigenvalue weighted by Crippen LogP contribution is -2.50. The Labute approximate surface area is 193 Å². The molecule has 33 heavy (non-hydrogen) atoms. The monoisotopic (exact) mass is 450 g/mol.